The second-order valence-corrected chi connectivity index (χ2v) is 3.89. The Kier molecular flexibility index (Phi) is 5.09. The summed E-state index contributed by atoms with van der Waals surface area (Å²) < 4.78 is 12.7. The smallest absolute Gasteiger partial charge is 0.123 e. The number of hydrogen-bond acceptors (Lipinski definition) is 0. The Morgan fingerprint density at radius 2 is 1.93 bits per heavy atom. The number of allylic oxidation sites excluding steroid dienone is 1. The lowest BCUT2D eigenvalue weighted by Gasteiger charge is -2.12. The number of unbranched alkanes of at least 4 members (excludes halogenated alkanes) is 2. The lowest BCUT2D eigenvalue weighted by atomic mass is 9.93. The molecule has 0 unspecified atom stereocenters. The molecule has 1 aromatic rings. The molecule has 0 N–H and O–H groups in total. The first kappa shape index (κ1) is 12.0. The van der Waals surface area contributed by atoms with E-state index in [1.165, 1.54) is 37.0 Å². The van der Waals surface area contributed by atoms with Gasteiger partial charge in [-0.15, -0.1) is 6.58 Å². The Morgan fingerprint density at radius 1 is 1.27 bits per heavy atom. The van der Waals surface area contributed by atoms with E-state index in [4.69, 9.17) is 0 Å². The van der Waals surface area contributed by atoms with E-state index in [1.54, 1.807) is 0 Å². The summed E-state index contributed by atoms with van der Waals surface area (Å²) in [7, 11) is 0. The highest BCUT2D eigenvalue weighted by Crippen LogP contribution is 2.23. The highest BCUT2D eigenvalue weighted by Gasteiger charge is 2.06. The van der Waals surface area contributed by atoms with E-state index < -0.39 is 0 Å². The van der Waals surface area contributed by atoms with Crippen LogP contribution in [-0.4, -0.2) is 0 Å². The van der Waals surface area contributed by atoms with Crippen molar-refractivity contribution in [2.75, 3.05) is 0 Å². The van der Waals surface area contributed by atoms with E-state index >= 15 is 0 Å². The van der Waals surface area contributed by atoms with Gasteiger partial charge in [-0.3, -0.25) is 0 Å². The number of rotatable bonds is 6. The van der Waals surface area contributed by atoms with Crippen LogP contribution >= 0.6 is 0 Å². The van der Waals surface area contributed by atoms with Crippen LogP contribution in [0.5, 0.6) is 0 Å². The van der Waals surface area contributed by atoms with E-state index in [0.29, 0.717) is 5.92 Å². The molecule has 0 fully saturated rings. The largest absolute Gasteiger partial charge is 0.207 e. The van der Waals surface area contributed by atoms with Gasteiger partial charge in [0, 0.05) is 5.92 Å². The third-order valence-electron chi connectivity index (χ3n) is 2.70. The van der Waals surface area contributed by atoms with Crippen LogP contribution in [0.1, 0.15) is 44.1 Å². The predicted molar refractivity (Wildman–Crippen MR) is 63.5 cm³/mol. The molecule has 1 aromatic carbocycles. The molecule has 0 radical (unpaired) electrons. The summed E-state index contributed by atoms with van der Waals surface area (Å²) in [5.74, 6) is 0.201. The zero-order valence-electron chi connectivity index (χ0n) is 9.38. The Bertz CT molecular complexity index is 287. The molecule has 0 nitrogen and oxygen atoms in total. The Morgan fingerprint density at radius 3 is 2.47 bits per heavy atom. The summed E-state index contributed by atoms with van der Waals surface area (Å²) in [6.07, 6.45) is 6.77. The van der Waals surface area contributed by atoms with Gasteiger partial charge in [-0.05, 0) is 24.1 Å². The number of benzene rings is 1. The summed E-state index contributed by atoms with van der Waals surface area (Å²) in [4.78, 5) is 0. The molecule has 0 amide bonds. The molecule has 0 bridgehead atoms. The average molecular weight is 206 g/mol. The molecule has 0 saturated heterocycles. The van der Waals surface area contributed by atoms with Crippen molar-refractivity contribution in [1.82, 2.24) is 0 Å². The SMILES string of the molecule is C=C[C@H](CCCCC)c1ccc(F)cc1. The lowest BCUT2D eigenvalue weighted by molar-refractivity contribution is 0.616. The Labute approximate surface area is 91.8 Å². The predicted octanol–water partition coefficient (Wildman–Crippen LogP) is 4.68. The maximum Gasteiger partial charge on any atom is 0.123 e. The minimum absolute atomic E-state index is 0.171. The molecule has 0 aliphatic carbocycles. The second-order valence-electron chi connectivity index (χ2n) is 3.89. The Hall–Kier alpha value is -1.11. The highest BCUT2D eigenvalue weighted by atomic mass is 19.1. The summed E-state index contributed by atoms with van der Waals surface area (Å²) >= 11 is 0. The van der Waals surface area contributed by atoms with Crippen LogP contribution < -0.4 is 0 Å². The van der Waals surface area contributed by atoms with Gasteiger partial charge in [0.25, 0.3) is 0 Å². The highest BCUT2D eigenvalue weighted by molar-refractivity contribution is 5.23. The molecule has 0 aliphatic rings. The van der Waals surface area contributed by atoms with Crippen LogP contribution in [0.25, 0.3) is 0 Å². The zero-order chi connectivity index (χ0) is 11.1. The molecule has 0 aromatic heterocycles. The van der Waals surface area contributed by atoms with Crippen LogP contribution in [0, 0.1) is 5.82 Å². The van der Waals surface area contributed by atoms with Crippen molar-refractivity contribution in [3.8, 4) is 0 Å². The van der Waals surface area contributed by atoms with Crippen LogP contribution in [0.2, 0.25) is 0 Å². The monoisotopic (exact) mass is 206 g/mol. The molecular weight excluding hydrogens is 187 g/mol. The zero-order valence-corrected chi connectivity index (χ0v) is 9.38. The average Bonchev–Trinajstić information content (AvgIpc) is 2.26. The van der Waals surface area contributed by atoms with Gasteiger partial charge in [-0.25, -0.2) is 4.39 Å². The van der Waals surface area contributed by atoms with E-state index in [2.05, 4.69) is 13.5 Å². The molecule has 0 saturated carbocycles. The fourth-order valence-corrected chi connectivity index (χ4v) is 1.74. The molecule has 0 heterocycles. The van der Waals surface area contributed by atoms with Crippen molar-refractivity contribution in [2.45, 2.75) is 38.5 Å². The van der Waals surface area contributed by atoms with Gasteiger partial charge in [0.15, 0.2) is 0 Å². The maximum atomic E-state index is 12.7. The van der Waals surface area contributed by atoms with Gasteiger partial charge in [0.2, 0.25) is 0 Å². The first-order valence-electron chi connectivity index (χ1n) is 5.66. The molecule has 0 spiro atoms. The molecule has 82 valence electrons. The third-order valence-corrected chi connectivity index (χ3v) is 2.70. The van der Waals surface area contributed by atoms with Crippen LogP contribution in [0.4, 0.5) is 4.39 Å². The molecule has 15 heavy (non-hydrogen) atoms. The van der Waals surface area contributed by atoms with Crippen molar-refractivity contribution in [1.29, 1.82) is 0 Å². The Balaban J connectivity index is 2.57. The van der Waals surface area contributed by atoms with Crippen molar-refractivity contribution in [3.63, 3.8) is 0 Å². The van der Waals surface area contributed by atoms with E-state index in [-0.39, 0.29) is 5.82 Å². The topological polar surface area (TPSA) is 0 Å². The van der Waals surface area contributed by atoms with Crippen molar-refractivity contribution in [3.05, 3.63) is 48.3 Å². The summed E-state index contributed by atoms with van der Waals surface area (Å²) in [6, 6.07) is 6.75. The fraction of sp³-hybridized carbons (Fsp3) is 0.429. The minimum atomic E-state index is -0.171. The fourth-order valence-electron chi connectivity index (χ4n) is 1.74. The first-order chi connectivity index (χ1) is 7.27. The molecule has 1 atom stereocenters. The molecule has 1 heteroatoms. The number of hydrogen-bond donors (Lipinski definition) is 0. The molecular formula is C14H19F. The number of halogens is 1. The van der Waals surface area contributed by atoms with Gasteiger partial charge in [0.1, 0.15) is 5.82 Å². The van der Waals surface area contributed by atoms with Crippen LogP contribution in [-0.2, 0) is 0 Å². The quantitative estimate of drug-likeness (QED) is 0.468. The maximum absolute atomic E-state index is 12.7. The lowest BCUT2D eigenvalue weighted by Crippen LogP contribution is -1.95. The van der Waals surface area contributed by atoms with Gasteiger partial charge in [-0.1, -0.05) is 44.4 Å². The van der Waals surface area contributed by atoms with Gasteiger partial charge in [-0.2, -0.15) is 0 Å². The van der Waals surface area contributed by atoms with E-state index in [1.807, 2.05) is 18.2 Å². The summed E-state index contributed by atoms with van der Waals surface area (Å²) in [5.41, 5.74) is 1.17. The minimum Gasteiger partial charge on any atom is -0.207 e. The second kappa shape index (κ2) is 6.39. The van der Waals surface area contributed by atoms with Crippen LogP contribution in [0.15, 0.2) is 36.9 Å². The van der Waals surface area contributed by atoms with Crippen molar-refractivity contribution < 1.29 is 4.39 Å². The summed E-state index contributed by atoms with van der Waals surface area (Å²) in [5, 5.41) is 0. The van der Waals surface area contributed by atoms with Crippen LogP contribution in [0.3, 0.4) is 0 Å². The van der Waals surface area contributed by atoms with Crippen molar-refractivity contribution >= 4 is 0 Å². The standard InChI is InChI=1S/C14H19F/c1-3-5-6-7-12(4-2)13-8-10-14(15)11-9-13/h4,8-12H,2-3,5-7H2,1H3/t12-/m1/s1. The summed E-state index contributed by atoms with van der Waals surface area (Å²) in [6.45, 7) is 6.04. The first-order valence-corrected chi connectivity index (χ1v) is 5.66. The van der Waals surface area contributed by atoms with E-state index in [9.17, 15) is 4.39 Å². The van der Waals surface area contributed by atoms with Crippen molar-refractivity contribution in [2.24, 2.45) is 0 Å². The van der Waals surface area contributed by atoms with E-state index in [0.717, 1.165) is 6.42 Å². The van der Waals surface area contributed by atoms with Gasteiger partial charge in [0.05, 0.1) is 0 Å². The third kappa shape index (κ3) is 3.86. The van der Waals surface area contributed by atoms with Gasteiger partial charge >= 0.3 is 0 Å². The molecule has 0 aliphatic heterocycles. The molecule has 1 rings (SSSR count). The van der Waals surface area contributed by atoms with Gasteiger partial charge < -0.3 is 0 Å². The normalized spacial score (nSPS) is 12.4.